The van der Waals surface area contributed by atoms with Crippen LogP contribution in [-0.4, -0.2) is 28.8 Å². The van der Waals surface area contributed by atoms with Crippen LogP contribution in [0.15, 0.2) is 24.3 Å². The van der Waals surface area contributed by atoms with Crippen molar-refractivity contribution in [2.45, 2.75) is 77.2 Å². The molecule has 1 fully saturated rings. The standard InChI is InChI=1S/C24H36IN6OP/c1-2-3-4-5-9-16-32-20-14-12-19(13-15-20)28-24-29-22(27-18-10-7-6-8-11-18)21(17-26)23(30-24)31-33-25/h12-15,17-18,26,33H,2-11,16H2,1H3,(H3,27,28,29,30,31). The zero-order valence-corrected chi connectivity index (χ0v) is 22.6. The smallest absolute Gasteiger partial charge is 0.231 e. The van der Waals surface area contributed by atoms with Crippen LogP contribution in [0.4, 0.5) is 23.3 Å². The van der Waals surface area contributed by atoms with Crippen LogP contribution in [0.2, 0.25) is 0 Å². The second-order valence-corrected chi connectivity index (χ2v) is 10.5. The molecule has 1 aromatic carbocycles. The van der Waals surface area contributed by atoms with Gasteiger partial charge in [-0.25, -0.2) is 0 Å². The van der Waals surface area contributed by atoms with Crippen LogP contribution < -0.4 is 20.5 Å². The maximum atomic E-state index is 7.92. The summed E-state index contributed by atoms with van der Waals surface area (Å²) < 4.78 is 5.87. The molecule has 9 heteroatoms. The third kappa shape index (κ3) is 8.56. The molecule has 0 spiro atoms. The molecule has 180 valence electrons. The molecule has 0 bridgehead atoms. The van der Waals surface area contributed by atoms with Crippen molar-refractivity contribution in [2.75, 3.05) is 22.3 Å². The Morgan fingerprint density at radius 1 is 1.06 bits per heavy atom. The number of nitrogens with one attached hydrogen (secondary N) is 4. The fourth-order valence-corrected chi connectivity index (χ4v) is 5.06. The van der Waals surface area contributed by atoms with Gasteiger partial charge in [-0.2, -0.15) is 9.97 Å². The van der Waals surface area contributed by atoms with Gasteiger partial charge in [-0.05, 0) is 65.6 Å². The number of anilines is 4. The van der Waals surface area contributed by atoms with Gasteiger partial charge in [0.15, 0.2) is 0 Å². The molecule has 3 rings (SSSR count). The van der Waals surface area contributed by atoms with Crippen molar-refractivity contribution in [2.24, 2.45) is 0 Å². The lowest BCUT2D eigenvalue weighted by atomic mass is 9.95. The summed E-state index contributed by atoms with van der Waals surface area (Å²) in [5.74, 6) is 2.79. The summed E-state index contributed by atoms with van der Waals surface area (Å²) in [6.07, 6.45) is 14.0. The Kier molecular flexibility index (Phi) is 11.4. The SMILES string of the molecule is CCCCCCCOc1ccc(Nc2nc(NPI)c(C=N)c(NC3CCCCC3)n2)cc1. The van der Waals surface area contributed by atoms with E-state index in [0.717, 1.165) is 43.1 Å². The molecular formula is C24H36IN6OP. The number of nitrogens with zero attached hydrogens (tertiary/aromatic N) is 2. The van der Waals surface area contributed by atoms with E-state index in [-0.39, 0.29) is 0 Å². The number of hydrogen-bond acceptors (Lipinski definition) is 7. The summed E-state index contributed by atoms with van der Waals surface area (Å²) in [7, 11) is 0. The van der Waals surface area contributed by atoms with Gasteiger partial charge in [0.2, 0.25) is 5.95 Å². The first-order valence-corrected chi connectivity index (χ1v) is 16.2. The monoisotopic (exact) mass is 582 g/mol. The van der Waals surface area contributed by atoms with Crippen molar-refractivity contribution >= 4 is 57.9 Å². The maximum absolute atomic E-state index is 7.92. The molecule has 33 heavy (non-hydrogen) atoms. The fraction of sp³-hybridized carbons (Fsp3) is 0.542. The van der Waals surface area contributed by atoms with Gasteiger partial charge in [0.25, 0.3) is 0 Å². The summed E-state index contributed by atoms with van der Waals surface area (Å²) in [5, 5.41) is 18.1. The van der Waals surface area contributed by atoms with Crippen molar-refractivity contribution in [3.63, 3.8) is 0 Å². The number of ether oxygens (including phenoxy) is 1. The van der Waals surface area contributed by atoms with E-state index in [2.05, 4.69) is 49.7 Å². The minimum Gasteiger partial charge on any atom is -0.494 e. The quantitative estimate of drug-likeness (QED) is 0.0791. The highest BCUT2D eigenvalue weighted by Gasteiger charge is 2.18. The van der Waals surface area contributed by atoms with Gasteiger partial charge < -0.3 is 25.9 Å². The number of unbranched alkanes of at least 4 members (excludes halogenated alkanes) is 4. The van der Waals surface area contributed by atoms with E-state index in [0.29, 0.717) is 29.7 Å². The number of halogens is 1. The van der Waals surface area contributed by atoms with Crippen LogP contribution in [0, 0.1) is 5.41 Å². The molecule has 1 saturated carbocycles. The zero-order valence-electron chi connectivity index (χ0n) is 19.4. The fourth-order valence-electron chi connectivity index (χ4n) is 4.01. The molecule has 0 radical (unpaired) electrons. The number of rotatable bonds is 14. The van der Waals surface area contributed by atoms with Crippen molar-refractivity contribution in [1.29, 1.82) is 5.41 Å². The van der Waals surface area contributed by atoms with Crippen LogP contribution in [0.3, 0.4) is 0 Å². The second-order valence-electron chi connectivity index (χ2n) is 8.41. The number of hydrogen-bond donors (Lipinski definition) is 4. The Balaban J connectivity index is 1.65. The predicted octanol–water partition coefficient (Wildman–Crippen LogP) is 7.67. The molecule has 1 aromatic heterocycles. The van der Waals surface area contributed by atoms with Crippen LogP contribution in [0.5, 0.6) is 5.75 Å². The molecule has 0 amide bonds. The highest BCUT2D eigenvalue weighted by Crippen LogP contribution is 2.31. The van der Waals surface area contributed by atoms with E-state index >= 15 is 0 Å². The summed E-state index contributed by atoms with van der Waals surface area (Å²) >= 11 is 2.28. The first kappa shape index (κ1) is 25.9. The molecule has 0 saturated heterocycles. The third-order valence-corrected chi connectivity index (χ3v) is 6.97. The Morgan fingerprint density at radius 3 is 2.48 bits per heavy atom. The van der Waals surface area contributed by atoms with Crippen molar-refractivity contribution in [3.8, 4) is 5.75 Å². The minimum absolute atomic E-state index is 0.397. The molecule has 0 aliphatic heterocycles. The highest BCUT2D eigenvalue weighted by molar-refractivity contribution is 14.2. The minimum atomic E-state index is 0.397. The number of benzene rings is 1. The topological polar surface area (TPSA) is 95.0 Å². The molecule has 4 N–H and O–H groups in total. The van der Waals surface area contributed by atoms with Crippen LogP contribution in [0.1, 0.15) is 76.7 Å². The Bertz CT molecular complexity index is 861. The van der Waals surface area contributed by atoms with E-state index in [1.54, 1.807) is 0 Å². The van der Waals surface area contributed by atoms with Crippen LogP contribution in [0.25, 0.3) is 0 Å². The Morgan fingerprint density at radius 2 is 1.79 bits per heavy atom. The molecule has 2 aromatic rings. The summed E-state index contributed by atoms with van der Waals surface area (Å²) in [5.41, 5.74) is 1.61. The van der Waals surface area contributed by atoms with Gasteiger partial charge in [-0.3, -0.25) is 0 Å². The lowest BCUT2D eigenvalue weighted by Crippen LogP contribution is -2.24. The summed E-state index contributed by atoms with van der Waals surface area (Å²) in [6, 6.07) is 8.33. The van der Waals surface area contributed by atoms with Crippen molar-refractivity contribution < 1.29 is 4.74 Å². The second kappa shape index (κ2) is 14.6. The van der Waals surface area contributed by atoms with Gasteiger partial charge >= 0.3 is 0 Å². The average Bonchev–Trinajstić information content (AvgIpc) is 2.83. The van der Waals surface area contributed by atoms with E-state index in [4.69, 9.17) is 15.1 Å². The maximum Gasteiger partial charge on any atom is 0.231 e. The molecule has 1 aliphatic rings. The molecule has 7 nitrogen and oxygen atoms in total. The van der Waals surface area contributed by atoms with Gasteiger partial charge in [-0.1, -0.05) is 51.9 Å². The summed E-state index contributed by atoms with van der Waals surface area (Å²) in [4.78, 5) is 9.36. The molecule has 1 heterocycles. The van der Waals surface area contributed by atoms with Gasteiger partial charge in [-0.15, -0.1) is 0 Å². The predicted molar refractivity (Wildman–Crippen MR) is 150 cm³/mol. The zero-order chi connectivity index (χ0) is 23.3. The van der Waals surface area contributed by atoms with Gasteiger partial charge in [0.1, 0.15) is 17.4 Å². The number of aromatic nitrogens is 2. The van der Waals surface area contributed by atoms with Crippen LogP contribution >= 0.6 is 28.4 Å². The van der Waals surface area contributed by atoms with E-state index in [1.165, 1.54) is 51.2 Å². The van der Waals surface area contributed by atoms with E-state index in [1.807, 2.05) is 24.3 Å². The molecule has 1 atom stereocenters. The lowest BCUT2D eigenvalue weighted by Gasteiger charge is -2.25. The summed E-state index contributed by atoms with van der Waals surface area (Å²) in [6.45, 7) is 2.99. The molecule has 1 unspecified atom stereocenters. The normalized spacial score (nSPS) is 14.4. The van der Waals surface area contributed by atoms with Crippen LogP contribution in [-0.2, 0) is 0 Å². The van der Waals surface area contributed by atoms with Gasteiger partial charge in [0, 0.05) is 24.3 Å². The molecular weight excluding hydrogens is 546 g/mol. The van der Waals surface area contributed by atoms with E-state index < -0.39 is 0 Å². The molecule has 1 aliphatic carbocycles. The largest absolute Gasteiger partial charge is 0.494 e. The average molecular weight is 582 g/mol. The van der Waals surface area contributed by atoms with Crippen molar-refractivity contribution in [1.82, 2.24) is 9.97 Å². The Labute approximate surface area is 212 Å². The first-order chi connectivity index (χ1) is 16.2. The lowest BCUT2D eigenvalue weighted by molar-refractivity contribution is 0.304. The first-order valence-electron chi connectivity index (χ1n) is 12.0. The van der Waals surface area contributed by atoms with Gasteiger partial charge in [0.05, 0.1) is 12.2 Å². The highest BCUT2D eigenvalue weighted by atomic mass is 127. The van der Waals surface area contributed by atoms with E-state index in [9.17, 15) is 0 Å². The Hall–Kier alpha value is -1.67. The third-order valence-electron chi connectivity index (χ3n) is 5.83. The van der Waals surface area contributed by atoms with Crippen molar-refractivity contribution in [3.05, 3.63) is 29.8 Å².